The summed E-state index contributed by atoms with van der Waals surface area (Å²) in [5.41, 5.74) is 0.357. The third-order valence-corrected chi connectivity index (χ3v) is 3.77. The van der Waals surface area contributed by atoms with E-state index in [0.29, 0.717) is 22.6 Å². The first kappa shape index (κ1) is 13.5. The maximum absolute atomic E-state index is 13.3. The van der Waals surface area contributed by atoms with Crippen LogP contribution in [0.15, 0.2) is 22.7 Å². The molecular formula is C13H16BrFN2O. The van der Waals surface area contributed by atoms with Gasteiger partial charge in [-0.1, -0.05) is 0 Å². The summed E-state index contributed by atoms with van der Waals surface area (Å²) in [5.74, 6) is -0.639. The molecule has 0 bridgehead atoms. The van der Waals surface area contributed by atoms with Crippen molar-refractivity contribution < 1.29 is 9.18 Å². The van der Waals surface area contributed by atoms with Gasteiger partial charge in [0, 0.05) is 18.2 Å². The van der Waals surface area contributed by atoms with Gasteiger partial charge in [0.1, 0.15) is 5.82 Å². The van der Waals surface area contributed by atoms with Gasteiger partial charge >= 0.3 is 0 Å². The normalized spacial score (nSPS) is 18.9. The molecule has 1 fully saturated rings. The molecule has 0 saturated carbocycles. The van der Waals surface area contributed by atoms with Crippen LogP contribution in [-0.4, -0.2) is 25.0 Å². The van der Waals surface area contributed by atoms with Crippen molar-refractivity contribution in [3.8, 4) is 0 Å². The van der Waals surface area contributed by atoms with Crippen LogP contribution in [-0.2, 0) is 0 Å². The first-order valence-corrected chi connectivity index (χ1v) is 6.93. The lowest BCUT2D eigenvalue weighted by atomic mass is 10.1. The fourth-order valence-electron chi connectivity index (χ4n) is 2.10. The van der Waals surface area contributed by atoms with E-state index in [1.165, 1.54) is 18.9 Å². The number of benzene rings is 1. The van der Waals surface area contributed by atoms with E-state index in [1.54, 1.807) is 12.1 Å². The van der Waals surface area contributed by atoms with Crippen molar-refractivity contribution in [2.24, 2.45) is 0 Å². The molecular weight excluding hydrogens is 299 g/mol. The molecule has 0 aliphatic carbocycles. The summed E-state index contributed by atoms with van der Waals surface area (Å²) in [6, 6.07) is 4.90. The highest BCUT2D eigenvalue weighted by Gasteiger charge is 2.14. The Hall–Kier alpha value is -0.940. The number of hydrogen-bond donors (Lipinski definition) is 2. The summed E-state index contributed by atoms with van der Waals surface area (Å²) in [6.45, 7) is 1.69. The Labute approximate surface area is 114 Å². The number of nitrogens with one attached hydrogen (secondary N) is 2. The molecule has 5 heteroatoms. The molecule has 1 aromatic rings. The van der Waals surface area contributed by atoms with Gasteiger partial charge in [0.15, 0.2) is 0 Å². The second kappa shape index (κ2) is 6.29. The molecule has 1 aromatic carbocycles. The molecule has 0 radical (unpaired) electrons. The summed E-state index contributed by atoms with van der Waals surface area (Å²) in [4.78, 5) is 11.8. The third-order valence-electron chi connectivity index (χ3n) is 3.12. The van der Waals surface area contributed by atoms with Crippen LogP contribution >= 0.6 is 15.9 Å². The molecule has 2 rings (SSSR count). The topological polar surface area (TPSA) is 41.1 Å². The minimum Gasteiger partial charge on any atom is -0.352 e. The van der Waals surface area contributed by atoms with Crippen molar-refractivity contribution >= 4 is 21.8 Å². The molecule has 0 unspecified atom stereocenters. The largest absolute Gasteiger partial charge is 0.352 e. The van der Waals surface area contributed by atoms with Crippen LogP contribution in [0.25, 0.3) is 0 Å². The van der Waals surface area contributed by atoms with Crippen LogP contribution in [0.2, 0.25) is 0 Å². The standard InChI is InChI=1S/C13H16BrFN2O/c14-11-4-3-9(8-12(11)15)13(18)17-7-5-10-2-1-6-16-10/h3-4,8,10,16H,1-2,5-7H2,(H,17,18)/t10-/m1/s1. The Morgan fingerprint density at radius 2 is 2.39 bits per heavy atom. The molecule has 1 aliphatic rings. The first-order valence-electron chi connectivity index (χ1n) is 6.13. The molecule has 1 aliphatic heterocycles. The minimum absolute atomic E-state index is 0.223. The van der Waals surface area contributed by atoms with Gasteiger partial charge in [-0.2, -0.15) is 0 Å². The predicted octanol–water partition coefficient (Wildman–Crippen LogP) is 2.46. The van der Waals surface area contributed by atoms with Gasteiger partial charge in [-0.15, -0.1) is 0 Å². The van der Waals surface area contributed by atoms with Crippen molar-refractivity contribution in [1.29, 1.82) is 0 Å². The second-order valence-corrected chi connectivity index (χ2v) is 5.32. The number of rotatable bonds is 4. The molecule has 1 atom stereocenters. The van der Waals surface area contributed by atoms with Crippen LogP contribution in [0.1, 0.15) is 29.6 Å². The number of halogens is 2. The lowest BCUT2D eigenvalue weighted by molar-refractivity contribution is 0.0952. The van der Waals surface area contributed by atoms with Gasteiger partial charge in [-0.25, -0.2) is 4.39 Å². The third kappa shape index (κ3) is 3.53. The van der Waals surface area contributed by atoms with Gasteiger partial charge in [0.2, 0.25) is 0 Å². The fraction of sp³-hybridized carbons (Fsp3) is 0.462. The zero-order valence-electron chi connectivity index (χ0n) is 10.0. The number of amides is 1. The maximum Gasteiger partial charge on any atom is 0.251 e. The zero-order chi connectivity index (χ0) is 13.0. The molecule has 2 N–H and O–H groups in total. The van der Waals surface area contributed by atoms with Gasteiger partial charge in [-0.05, 0) is 59.9 Å². The number of hydrogen-bond acceptors (Lipinski definition) is 2. The van der Waals surface area contributed by atoms with E-state index >= 15 is 0 Å². The Morgan fingerprint density at radius 3 is 3.06 bits per heavy atom. The van der Waals surface area contributed by atoms with Crippen LogP contribution in [0.5, 0.6) is 0 Å². The van der Waals surface area contributed by atoms with Crippen molar-refractivity contribution in [3.63, 3.8) is 0 Å². The van der Waals surface area contributed by atoms with Crippen LogP contribution < -0.4 is 10.6 Å². The lowest BCUT2D eigenvalue weighted by Crippen LogP contribution is -2.30. The number of carbonyl (C=O) groups excluding carboxylic acids is 1. The maximum atomic E-state index is 13.3. The molecule has 0 spiro atoms. The molecule has 1 saturated heterocycles. The van der Waals surface area contributed by atoms with Gasteiger partial charge in [0.25, 0.3) is 5.91 Å². The second-order valence-electron chi connectivity index (χ2n) is 4.47. The van der Waals surface area contributed by atoms with E-state index < -0.39 is 5.82 Å². The smallest absolute Gasteiger partial charge is 0.251 e. The molecule has 3 nitrogen and oxygen atoms in total. The average molecular weight is 315 g/mol. The summed E-state index contributed by atoms with van der Waals surface area (Å²) in [6.07, 6.45) is 3.30. The van der Waals surface area contributed by atoms with E-state index in [1.807, 2.05) is 0 Å². The Kier molecular flexibility index (Phi) is 4.72. The fourth-order valence-corrected chi connectivity index (χ4v) is 2.35. The molecule has 98 valence electrons. The summed E-state index contributed by atoms with van der Waals surface area (Å²) >= 11 is 3.06. The van der Waals surface area contributed by atoms with E-state index in [-0.39, 0.29) is 5.91 Å². The van der Waals surface area contributed by atoms with E-state index in [2.05, 4.69) is 26.6 Å². The van der Waals surface area contributed by atoms with Crippen molar-refractivity contribution in [2.75, 3.05) is 13.1 Å². The quantitative estimate of drug-likeness (QED) is 0.896. The highest BCUT2D eigenvalue weighted by Crippen LogP contribution is 2.16. The first-order chi connectivity index (χ1) is 8.66. The van der Waals surface area contributed by atoms with E-state index in [4.69, 9.17) is 0 Å². The Balaban J connectivity index is 1.81. The molecule has 1 heterocycles. The van der Waals surface area contributed by atoms with Crippen molar-refractivity contribution in [1.82, 2.24) is 10.6 Å². The Morgan fingerprint density at radius 1 is 1.56 bits per heavy atom. The predicted molar refractivity (Wildman–Crippen MR) is 72.1 cm³/mol. The monoisotopic (exact) mass is 314 g/mol. The minimum atomic E-state index is -0.417. The van der Waals surface area contributed by atoms with Gasteiger partial charge in [0.05, 0.1) is 4.47 Å². The summed E-state index contributed by atoms with van der Waals surface area (Å²) in [7, 11) is 0. The summed E-state index contributed by atoms with van der Waals surface area (Å²) < 4.78 is 13.6. The number of carbonyl (C=O) groups is 1. The highest BCUT2D eigenvalue weighted by molar-refractivity contribution is 9.10. The SMILES string of the molecule is O=C(NCC[C@H]1CCCN1)c1ccc(Br)c(F)c1. The molecule has 0 aromatic heterocycles. The zero-order valence-corrected chi connectivity index (χ0v) is 11.6. The van der Waals surface area contributed by atoms with E-state index in [9.17, 15) is 9.18 Å². The average Bonchev–Trinajstić information content (AvgIpc) is 2.85. The van der Waals surface area contributed by atoms with Gasteiger partial charge in [-0.3, -0.25) is 4.79 Å². The van der Waals surface area contributed by atoms with Crippen LogP contribution in [0.3, 0.4) is 0 Å². The molecule has 1 amide bonds. The van der Waals surface area contributed by atoms with Crippen molar-refractivity contribution in [3.05, 3.63) is 34.1 Å². The Bertz CT molecular complexity index is 433. The van der Waals surface area contributed by atoms with E-state index in [0.717, 1.165) is 13.0 Å². The summed E-state index contributed by atoms with van der Waals surface area (Å²) in [5, 5.41) is 6.18. The molecule has 18 heavy (non-hydrogen) atoms. The lowest BCUT2D eigenvalue weighted by Gasteiger charge is -2.10. The van der Waals surface area contributed by atoms with Crippen LogP contribution in [0, 0.1) is 5.82 Å². The van der Waals surface area contributed by atoms with Gasteiger partial charge < -0.3 is 10.6 Å². The van der Waals surface area contributed by atoms with Crippen LogP contribution in [0.4, 0.5) is 4.39 Å². The van der Waals surface area contributed by atoms with Crippen molar-refractivity contribution in [2.45, 2.75) is 25.3 Å². The highest BCUT2D eigenvalue weighted by atomic mass is 79.9.